The molecular weight excluding hydrogens is 286 g/mol. The molecule has 0 bridgehead atoms. The average Bonchev–Trinajstić information content (AvgIpc) is 2.94. The second kappa shape index (κ2) is 5.68. The van der Waals surface area contributed by atoms with Crippen LogP contribution in [0.25, 0.3) is 0 Å². The van der Waals surface area contributed by atoms with Gasteiger partial charge >= 0.3 is 0 Å². The van der Waals surface area contributed by atoms with Gasteiger partial charge < -0.3 is 10.7 Å². The Kier molecular flexibility index (Phi) is 4.17. The number of hydrogen-bond acceptors (Lipinski definition) is 6. The molecule has 9 heteroatoms. The van der Waals surface area contributed by atoms with E-state index in [9.17, 15) is 8.42 Å². The van der Waals surface area contributed by atoms with E-state index in [1.165, 1.54) is 0 Å². The van der Waals surface area contributed by atoms with E-state index >= 15 is 0 Å². The number of nitrogens with zero attached hydrogens (tertiary/aromatic N) is 2. The summed E-state index contributed by atoms with van der Waals surface area (Å²) in [4.78, 5) is 10.9. The maximum atomic E-state index is 12.0. The average molecular weight is 301 g/mol. The number of nitrogens with one attached hydrogen (secondary N) is 2. The second-order valence-electron chi connectivity index (χ2n) is 3.96. The fourth-order valence-corrected chi connectivity index (χ4v) is 4.03. The molecule has 2 heterocycles. The molecule has 0 fully saturated rings. The summed E-state index contributed by atoms with van der Waals surface area (Å²) in [5.74, 6) is 0.845. The highest BCUT2D eigenvalue weighted by atomic mass is 32.2. The molecule has 0 saturated heterocycles. The Bertz CT molecular complexity index is 633. The van der Waals surface area contributed by atoms with E-state index in [4.69, 9.17) is 5.73 Å². The van der Waals surface area contributed by atoms with E-state index in [1.807, 2.05) is 0 Å². The fraction of sp³-hybridized carbons (Fsp3) is 0.400. The monoisotopic (exact) mass is 301 g/mol. The first-order valence-electron chi connectivity index (χ1n) is 5.70. The van der Waals surface area contributed by atoms with Gasteiger partial charge in [0.15, 0.2) is 9.34 Å². The lowest BCUT2D eigenvalue weighted by Gasteiger charge is -2.04. The van der Waals surface area contributed by atoms with Gasteiger partial charge in [0.05, 0.1) is 5.69 Å². The van der Waals surface area contributed by atoms with Crippen LogP contribution in [0.1, 0.15) is 17.9 Å². The van der Waals surface area contributed by atoms with E-state index < -0.39 is 10.0 Å². The standard InChI is InChI=1S/C10H15N5O2S2/c1-7-9(18-10(11)15-7)19(16,17)14-4-2-3-8-12-5-6-13-8/h5-6,14H,2-4H2,1H3,(H2,11,15)(H,12,13). The zero-order valence-corrected chi connectivity index (χ0v) is 12.0. The molecule has 2 rings (SSSR count). The summed E-state index contributed by atoms with van der Waals surface area (Å²) in [6.45, 7) is 1.98. The topological polar surface area (TPSA) is 114 Å². The number of H-pyrrole nitrogens is 1. The number of nitrogen functional groups attached to an aromatic ring is 1. The molecule has 0 spiro atoms. The summed E-state index contributed by atoms with van der Waals surface area (Å²) in [7, 11) is -3.52. The summed E-state index contributed by atoms with van der Waals surface area (Å²) in [6, 6.07) is 0. The first-order chi connectivity index (χ1) is 8.99. The van der Waals surface area contributed by atoms with Crippen LogP contribution in [0.2, 0.25) is 0 Å². The molecule has 19 heavy (non-hydrogen) atoms. The van der Waals surface area contributed by atoms with Crippen LogP contribution in [0, 0.1) is 6.92 Å². The van der Waals surface area contributed by atoms with Gasteiger partial charge in [-0.05, 0) is 13.3 Å². The van der Waals surface area contributed by atoms with Crippen LogP contribution in [0.4, 0.5) is 5.13 Å². The normalized spacial score (nSPS) is 11.8. The Labute approximate surface area is 115 Å². The molecule has 0 atom stereocenters. The number of rotatable bonds is 6. The Morgan fingerprint density at radius 1 is 1.53 bits per heavy atom. The highest BCUT2D eigenvalue weighted by molar-refractivity contribution is 7.91. The van der Waals surface area contributed by atoms with Crippen molar-refractivity contribution in [3.8, 4) is 0 Å². The predicted octanol–water partition coefficient (Wildman–Crippen LogP) is 0.668. The van der Waals surface area contributed by atoms with Gasteiger partial charge in [0.2, 0.25) is 0 Å². The van der Waals surface area contributed by atoms with E-state index in [0.717, 1.165) is 17.2 Å². The first kappa shape index (κ1) is 14.0. The van der Waals surface area contributed by atoms with Crippen molar-refractivity contribution in [2.75, 3.05) is 12.3 Å². The smallest absolute Gasteiger partial charge is 0.252 e. The number of hydrogen-bond donors (Lipinski definition) is 3. The van der Waals surface area contributed by atoms with Crippen molar-refractivity contribution >= 4 is 26.5 Å². The molecule has 0 aliphatic carbocycles. The van der Waals surface area contributed by atoms with Crippen molar-refractivity contribution < 1.29 is 8.42 Å². The third-order valence-electron chi connectivity index (χ3n) is 2.45. The van der Waals surface area contributed by atoms with Gasteiger partial charge in [-0.1, -0.05) is 11.3 Å². The predicted molar refractivity (Wildman–Crippen MR) is 73.4 cm³/mol. The summed E-state index contributed by atoms with van der Waals surface area (Å²) in [6.07, 6.45) is 4.77. The number of aromatic amines is 1. The number of aromatic nitrogens is 3. The maximum absolute atomic E-state index is 12.0. The summed E-state index contributed by atoms with van der Waals surface area (Å²) >= 11 is 0.975. The van der Waals surface area contributed by atoms with Gasteiger partial charge in [0, 0.05) is 25.4 Å². The van der Waals surface area contributed by atoms with Crippen LogP contribution >= 0.6 is 11.3 Å². The molecule has 2 aromatic heterocycles. The van der Waals surface area contributed by atoms with Gasteiger partial charge in [0.1, 0.15) is 5.82 Å². The number of sulfonamides is 1. The van der Waals surface area contributed by atoms with Gasteiger partial charge in [-0.3, -0.25) is 0 Å². The van der Waals surface area contributed by atoms with Gasteiger partial charge in [-0.25, -0.2) is 23.1 Å². The number of imidazole rings is 1. The molecule has 0 amide bonds. The minimum Gasteiger partial charge on any atom is -0.375 e. The minimum absolute atomic E-state index is 0.183. The maximum Gasteiger partial charge on any atom is 0.252 e. The zero-order chi connectivity index (χ0) is 13.9. The van der Waals surface area contributed by atoms with Crippen molar-refractivity contribution in [1.29, 1.82) is 0 Å². The highest BCUT2D eigenvalue weighted by Gasteiger charge is 2.20. The number of thiazole rings is 1. The van der Waals surface area contributed by atoms with Crippen LogP contribution < -0.4 is 10.5 Å². The van der Waals surface area contributed by atoms with Crippen LogP contribution in [0.5, 0.6) is 0 Å². The third-order valence-corrected chi connectivity index (χ3v) is 5.51. The number of aryl methyl sites for hydroxylation is 2. The SMILES string of the molecule is Cc1nc(N)sc1S(=O)(=O)NCCCc1ncc[nH]1. The summed E-state index contributed by atoms with van der Waals surface area (Å²) in [5, 5.41) is 0.258. The van der Waals surface area contributed by atoms with Crippen molar-refractivity contribution in [2.24, 2.45) is 0 Å². The van der Waals surface area contributed by atoms with Crippen LogP contribution in [-0.2, 0) is 16.4 Å². The molecule has 7 nitrogen and oxygen atoms in total. The largest absolute Gasteiger partial charge is 0.375 e. The minimum atomic E-state index is -3.52. The van der Waals surface area contributed by atoms with Crippen molar-refractivity contribution in [3.63, 3.8) is 0 Å². The lowest BCUT2D eigenvalue weighted by molar-refractivity contribution is 0.579. The van der Waals surface area contributed by atoms with Crippen LogP contribution in [-0.4, -0.2) is 29.9 Å². The Morgan fingerprint density at radius 3 is 2.89 bits per heavy atom. The molecule has 0 saturated carbocycles. The molecule has 0 aliphatic heterocycles. The van der Waals surface area contributed by atoms with Crippen LogP contribution in [0.15, 0.2) is 16.6 Å². The highest BCUT2D eigenvalue weighted by Crippen LogP contribution is 2.24. The molecule has 0 unspecified atom stereocenters. The van der Waals surface area contributed by atoms with Crippen molar-refractivity contribution in [2.45, 2.75) is 24.0 Å². The molecular formula is C10H15N5O2S2. The van der Waals surface area contributed by atoms with Crippen molar-refractivity contribution in [3.05, 3.63) is 23.9 Å². The lowest BCUT2D eigenvalue weighted by Crippen LogP contribution is -2.25. The molecule has 104 valence electrons. The quantitative estimate of drug-likeness (QED) is 0.678. The molecule has 4 N–H and O–H groups in total. The van der Waals surface area contributed by atoms with E-state index in [2.05, 4.69) is 19.7 Å². The molecule has 0 aliphatic rings. The van der Waals surface area contributed by atoms with E-state index in [1.54, 1.807) is 19.3 Å². The number of nitrogens with two attached hydrogens (primary N) is 1. The Hall–Kier alpha value is -1.45. The van der Waals surface area contributed by atoms with Gasteiger partial charge in [-0.15, -0.1) is 0 Å². The summed E-state index contributed by atoms with van der Waals surface area (Å²) in [5.41, 5.74) is 5.93. The Morgan fingerprint density at radius 2 is 2.32 bits per heavy atom. The van der Waals surface area contributed by atoms with Crippen LogP contribution in [0.3, 0.4) is 0 Å². The zero-order valence-electron chi connectivity index (χ0n) is 10.4. The molecule has 2 aromatic rings. The van der Waals surface area contributed by atoms with Gasteiger partial charge in [0.25, 0.3) is 10.0 Å². The first-order valence-corrected chi connectivity index (χ1v) is 8.00. The second-order valence-corrected chi connectivity index (χ2v) is 6.96. The lowest BCUT2D eigenvalue weighted by atomic mass is 10.3. The third kappa shape index (κ3) is 3.52. The van der Waals surface area contributed by atoms with E-state index in [-0.39, 0.29) is 9.34 Å². The molecule has 0 radical (unpaired) electrons. The van der Waals surface area contributed by atoms with Gasteiger partial charge in [-0.2, -0.15) is 0 Å². The summed E-state index contributed by atoms with van der Waals surface area (Å²) < 4.78 is 26.7. The fourth-order valence-electron chi connectivity index (χ4n) is 1.61. The number of anilines is 1. The van der Waals surface area contributed by atoms with Crippen molar-refractivity contribution in [1.82, 2.24) is 19.7 Å². The molecule has 0 aromatic carbocycles. The van der Waals surface area contributed by atoms with E-state index in [0.29, 0.717) is 25.1 Å². The Balaban J connectivity index is 1.89.